The summed E-state index contributed by atoms with van der Waals surface area (Å²) in [5.74, 6) is 2.57. The van der Waals surface area contributed by atoms with Gasteiger partial charge < -0.3 is 19.5 Å². The molecule has 1 aliphatic heterocycles. The van der Waals surface area contributed by atoms with E-state index >= 15 is 0 Å². The first-order chi connectivity index (χ1) is 10.3. The molecule has 4 heteroatoms. The molecule has 0 bridgehead atoms. The highest BCUT2D eigenvalue weighted by molar-refractivity contribution is 5.44. The Morgan fingerprint density at radius 3 is 2.48 bits per heavy atom. The Bertz CT molecular complexity index is 595. The first kappa shape index (κ1) is 13.8. The van der Waals surface area contributed by atoms with Gasteiger partial charge in [-0.3, -0.25) is 0 Å². The third-order valence-electron chi connectivity index (χ3n) is 3.33. The number of nitrogens with one attached hydrogen (secondary N) is 1. The van der Waals surface area contributed by atoms with E-state index in [2.05, 4.69) is 23.5 Å². The molecule has 1 heterocycles. The molecule has 0 amide bonds. The molecular weight excluding hydrogens is 266 g/mol. The Kier molecular flexibility index (Phi) is 4.26. The molecule has 1 N–H and O–H groups in total. The summed E-state index contributed by atoms with van der Waals surface area (Å²) in [5.41, 5.74) is 2.42. The minimum atomic E-state index is 0.318. The fraction of sp³-hybridized carbons (Fsp3) is 0.294. The van der Waals surface area contributed by atoms with Crippen molar-refractivity contribution in [2.45, 2.75) is 20.0 Å². The van der Waals surface area contributed by atoms with Crippen molar-refractivity contribution in [1.29, 1.82) is 0 Å². The number of ether oxygens (including phenoxy) is 3. The summed E-state index contributed by atoms with van der Waals surface area (Å²) in [7, 11) is 0. The van der Waals surface area contributed by atoms with Crippen LogP contribution in [-0.2, 0) is 13.1 Å². The topological polar surface area (TPSA) is 39.7 Å². The zero-order chi connectivity index (χ0) is 14.5. The number of benzene rings is 2. The van der Waals surface area contributed by atoms with Crippen LogP contribution in [0.25, 0.3) is 0 Å². The number of hydrogen-bond donors (Lipinski definition) is 1. The van der Waals surface area contributed by atoms with E-state index in [0.717, 1.165) is 30.3 Å². The molecule has 21 heavy (non-hydrogen) atoms. The van der Waals surface area contributed by atoms with Crippen molar-refractivity contribution >= 4 is 0 Å². The van der Waals surface area contributed by atoms with E-state index in [1.54, 1.807) is 0 Å². The molecule has 0 aliphatic carbocycles. The molecule has 0 unspecified atom stereocenters. The van der Waals surface area contributed by atoms with E-state index in [1.165, 1.54) is 11.1 Å². The summed E-state index contributed by atoms with van der Waals surface area (Å²) in [6.07, 6.45) is 0. The highest BCUT2D eigenvalue weighted by Gasteiger charge is 2.12. The summed E-state index contributed by atoms with van der Waals surface area (Å²) in [6, 6.07) is 14.2. The molecule has 2 aromatic rings. The van der Waals surface area contributed by atoms with E-state index in [0.29, 0.717) is 13.4 Å². The van der Waals surface area contributed by atoms with Crippen molar-refractivity contribution < 1.29 is 14.2 Å². The van der Waals surface area contributed by atoms with Gasteiger partial charge in [-0.2, -0.15) is 0 Å². The number of fused-ring (bicyclic) bond motifs is 1. The van der Waals surface area contributed by atoms with Crippen LogP contribution in [0.15, 0.2) is 42.5 Å². The van der Waals surface area contributed by atoms with E-state index in [1.807, 2.05) is 31.2 Å². The van der Waals surface area contributed by atoms with Gasteiger partial charge in [0.25, 0.3) is 0 Å². The molecule has 110 valence electrons. The van der Waals surface area contributed by atoms with Gasteiger partial charge in [0.2, 0.25) is 6.79 Å². The smallest absolute Gasteiger partial charge is 0.231 e. The van der Waals surface area contributed by atoms with Gasteiger partial charge in [0, 0.05) is 13.1 Å². The monoisotopic (exact) mass is 285 g/mol. The minimum Gasteiger partial charge on any atom is -0.494 e. The van der Waals surface area contributed by atoms with Crippen LogP contribution < -0.4 is 19.5 Å². The maximum Gasteiger partial charge on any atom is 0.231 e. The summed E-state index contributed by atoms with van der Waals surface area (Å²) in [4.78, 5) is 0. The van der Waals surface area contributed by atoms with E-state index < -0.39 is 0 Å². The van der Waals surface area contributed by atoms with Crippen molar-refractivity contribution in [3.63, 3.8) is 0 Å². The molecule has 0 aromatic heterocycles. The third kappa shape index (κ3) is 3.47. The third-order valence-corrected chi connectivity index (χ3v) is 3.33. The van der Waals surface area contributed by atoms with Gasteiger partial charge in [-0.15, -0.1) is 0 Å². The number of hydrogen-bond acceptors (Lipinski definition) is 4. The Morgan fingerprint density at radius 1 is 0.952 bits per heavy atom. The molecule has 1 aliphatic rings. The summed E-state index contributed by atoms with van der Waals surface area (Å²) in [6.45, 7) is 4.62. The van der Waals surface area contributed by atoms with Crippen molar-refractivity contribution in [2.75, 3.05) is 13.4 Å². The molecule has 4 nitrogen and oxygen atoms in total. The van der Waals surface area contributed by atoms with E-state index in [-0.39, 0.29) is 0 Å². The van der Waals surface area contributed by atoms with Crippen LogP contribution in [0.5, 0.6) is 17.2 Å². The maximum atomic E-state index is 5.43. The van der Waals surface area contributed by atoms with Gasteiger partial charge in [0.1, 0.15) is 5.75 Å². The molecule has 3 rings (SSSR count). The van der Waals surface area contributed by atoms with Crippen molar-refractivity contribution in [1.82, 2.24) is 5.32 Å². The van der Waals surface area contributed by atoms with Crippen LogP contribution in [0.2, 0.25) is 0 Å². The van der Waals surface area contributed by atoms with Crippen LogP contribution >= 0.6 is 0 Å². The standard InChI is InChI=1S/C17H19NO3/c1-2-19-15-6-3-13(4-7-15)10-18-11-14-5-8-16-17(9-14)21-12-20-16/h3-9,18H,2,10-12H2,1H3. The lowest BCUT2D eigenvalue weighted by atomic mass is 10.2. The Morgan fingerprint density at radius 2 is 1.67 bits per heavy atom. The molecule has 0 atom stereocenters. The molecule has 2 aromatic carbocycles. The second kappa shape index (κ2) is 6.50. The zero-order valence-corrected chi connectivity index (χ0v) is 12.1. The lowest BCUT2D eigenvalue weighted by Gasteiger charge is -2.07. The van der Waals surface area contributed by atoms with Gasteiger partial charge in [-0.05, 0) is 42.3 Å². The average Bonchev–Trinajstić information content (AvgIpc) is 2.97. The van der Waals surface area contributed by atoms with Gasteiger partial charge in [-0.1, -0.05) is 18.2 Å². The Hall–Kier alpha value is -2.20. The predicted octanol–water partition coefficient (Wildman–Crippen LogP) is 3.10. The first-order valence-electron chi connectivity index (χ1n) is 7.16. The van der Waals surface area contributed by atoms with E-state index in [4.69, 9.17) is 14.2 Å². The van der Waals surface area contributed by atoms with Crippen molar-refractivity contribution in [3.8, 4) is 17.2 Å². The van der Waals surface area contributed by atoms with Gasteiger partial charge in [-0.25, -0.2) is 0 Å². The van der Waals surface area contributed by atoms with Gasteiger partial charge in [0.15, 0.2) is 11.5 Å². The SMILES string of the molecule is CCOc1ccc(CNCc2ccc3c(c2)OCO3)cc1. The van der Waals surface area contributed by atoms with Crippen LogP contribution in [0.3, 0.4) is 0 Å². The quantitative estimate of drug-likeness (QED) is 0.885. The summed E-state index contributed by atoms with van der Waals surface area (Å²) < 4.78 is 16.1. The van der Waals surface area contributed by atoms with Gasteiger partial charge in [0.05, 0.1) is 6.61 Å². The largest absolute Gasteiger partial charge is 0.494 e. The molecular formula is C17H19NO3. The highest BCUT2D eigenvalue weighted by atomic mass is 16.7. The fourth-order valence-electron chi connectivity index (χ4n) is 2.27. The average molecular weight is 285 g/mol. The van der Waals surface area contributed by atoms with Crippen LogP contribution in [-0.4, -0.2) is 13.4 Å². The molecule has 0 saturated carbocycles. The van der Waals surface area contributed by atoms with Crippen molar-refractivity contribution in [3.05, 3.63) is 53.6 Å². The predicted molar refractivity (Wildman–Crippen MR) is 80.7 cm³/mol. The van der Waals surface area contributed by atoms with Crippen molar-refractivity contribution in [2.24, 2.45) is 0 Å². The zero-order valence-electron chi connectivity index (χ0n) is 12.1. The van der Waals surface area contributed by atoms with Crippen LogP contribution in [0, 0.1) is 0 Å². The van der Waals surface area contributed by atoms with Crippen LogP contribution in [0.1, 0.15) is 18.1 Å². The highest BCUT2D eigenvalue weighted by Crippen LogP contribution is 2.32. The molecule has 0 radical (unpaired) electrons. The lowest BCUT2D eigenvalue weighted by molar-refractivity contribution is 0.174. The molecule has 0 spiro atoms. The Balaban J connectivity index is 1.51. The summed E-state index contributed by atoms with van der Waals surface area (Å²) >= 11 is 0. The Labute approximate surface area is 124 Å². The lowest BCUT2D eigenvalue weighted by Crippen LogP contribution is -2.12. The first-order valence-corrected chi connectivity index (χ1v) is 7.16. The normalized spacial score (nSPS) is 12.4. The fourth-order valence-corrected chi connectivity index (χ4v) is 2.27. The van der Waals surface area contributed by atoms with Crippen LogP contribution in [0.4, 0.5) is 0 Å². The van der Waals surface area contributed by atoms with E-state index in [9.17, 15) is 0 Å². The molecule has 0 fully saturated rings. The molecule has 0 saturated heterocycles. The maximum absolute atomic E-state index is 5.43. The minimum absolute atomic E-state index is 0.318. The van der Waals surface area contributed by atoms with Gasteiger partial charge >= 0.3 is 0 Å². The second-order valence-electron chi connectivity index (χ2n) is 4.87. The second-order valence-corrected chi connectivity index (χ2v) is 4.87. The number of rotatable bonds is 6. The summed E-state index contributed by atoms with van der Waals surface area (Å²) in [5, 5.41) is 3.42.